The van der Waals surface area contributed by atoms with E-state index in [1.165, 1.54) is 25.3 Å². The predicted molar refractivity (Wildman–Crippen MR) is 201 cm³/mol. The summed E-state index contributed by atoms with van der Waals surface area (Å²) in [4.78, 5) is 59.5. The van der Waals surface area contributed by atoms with Crippen LogP contribution < -0.4 is 11.3 Å². The highest BCUT2D eigenvalue weighted by Crippen LogP contribution is 2.28. The fourth-order valence-corrected chi connectivity index (χ4v) is 8.56. The van der Waals surface area contributed by atoms with E-state index in [1.807, 2.05) is 17.0 Å². The van der Waals surface area contributed by atoms with E-state index < -0.39 is 11.7 Å². The summed E-state index contributed by atoms with van der Waals surface area (Å²) in [7, 11) is 0. The summed E-state index contributed by atoms with van der Waals surface area (Å²) in [5, 5.41) is 7.98. The molecule has 1 aromatic heterocycles. The Hall–Kier alpha value is -4.20. The number of amides is 3. The molecule has 13 heteroatoms. The second-order valence-corrected chi connectivity index (χ2v) is 15.3. The monoisotopic (exact) mass is 731 g/mol. The van der Waals surface area contributed by atoms with Gasteiger partial charge in [-0.3, -0.25) is 24.1 Å². The fourth-order valence-electron chi connectivity index (χ4n) is 8.56. The molecule has 0 spiro atoms. The van der Waals surface area contributed by atoms with E-state index in [-0.39, 0.29) is 42.6 Å². The fraction of sp³-hybridized carbons (Fsp3) is 0.575. The summed E-state index contributed by atoms with van der Waals surface area (Å²) < 4.78 is 21.4. The number of rotatable bonds is 9. The Morgan fingerprint density at radius 2 is 1.47 bits per heavy atom. The number of nitrogens with zero attached hydrogens (tertiary/aromatic N) is 5. The summed E-state index contributed by atoms with van der Waals surface area (Å²) in [6.07, 6.45) is 9.73. The highest BCUT2D eigenvalue weighted by atomic mass is 19.1. The number of hydrogen-bond acceptors (Lipinski definition) is 8. The van der Waals surface area contributed by atoms with Gasteiger partial charge in [-0.15, -0.1) is 0 Å². The Labute approximate surface area is 311 Å². The van der Waals surface area contributed by atoms with Gasteiger partial charge in [0.15, 0.2) is 0 Å². The summed E-state index contributed by atoms with van der Waals surface area (Å²) >= 11 is 0. The van der Waals surface area contributed by atoms with E-state index in [4.69, 9.17) is 10.5 Å². The molecule has 4 aliphatic rings. The zero-order valence-electron chi connectivity index (χ0n) is 30.5. The van der Waals surface area contributed by atoms with Crippen molar-refractivity contribution in [1.29, 1.82) is 0 Å². The van der Waals surface area contributed by atoms with Crippen LogP contribution in [0.1, 0.15) is 80.8 Å². The Morgan fingerprint density at radius 3 is 2.17 bits per heavy atom. The number of carbonyl (C=O) groups is 3. The number of carbonyl (C=O) groups excluding carboxylic acids is 3. The van der Waals surface area contributed by atoms with Crippen molar-refractivity contribution in [3.63, 3.8) is 0 Å². The number of halogens is 1. The van der Waals surface area contributed by atoms with E-state index in [0.717, 1.165) is 51.6 Å². The molecule has 12 nitrogen and oxygen atoms in total. The maximum absolute atomic E-state index is 15.0. The molecule has 286 valence electrons. The number of benzene rings is 2. The number of piperazine rings is 1. The Morgan fingerprint density at radius 1 is 0.830 bits per heavy atom. The SMILES string of the molecule is NC(C(=O)N1CCC(OC2CCN(CC(=O)N3CCN(C(=O)c4cc(Cc5n[nH]c(=O)c6ccccc56)ccc4F)CC3)CC2)CC1)C1CCCCC1.[HH]. The van der Waals surface area contributed by atoms with Crippen LogP contribution in [-0.4, -0.2) is 125 Å². The van der Waals surface area contributed by atoms with Gasteiger partial charge in [0, 0.05) is 65.6 Å². The zero-order valence-corrected chi connectivity index (χ0v) is 30.5. The van der Waals surface area contributed by atoms with Crippen molar-refractivity contribution in [2.24, 2.45) is 11.7 Å². The van der Waals surface area contributed by atoms with Crippen molar-refractivity contribution in [3.8, 4) is 0 Å². The van der Waals surface area contributed by atoms with E-state index in [1.54, 1.807) is 34.1 Å². The third-order valence-corrected chi connectivity index (χ3v) is 11.8. The molecule has 3 aliphatic heterocycles. The second kappa shape index (κ2) is 16.9. The van der Waals surface area contributed by atoms with Crippen LogP contribution in [0.5, 0.6) is 0 Å². The average Bonchev–Trinajstić information content (AvgIpc) is 3.20. The molecule has 1 saturated carbocycles. The molecular formula is C40H54FN7O5. The molecule has 1 atom stereocenters. The van der Waals surface area contributed by atoms with E-state index in [9.17, 15) is 23.6 Å². The number of fused-ring (bicyclic) bond motifs is 1. The molecule has 4 heterocycles. The standard InChI is InChI=1S/C40H52FN7O5.H2/c41-34-11-10-27(25-35-31-8-4-5-9-32(31)38(50)44-43-35)24-33(34)39(51)48-22-20-46(21-23-48)36(49)26-45-16-12-29(13-17-45)53-30-14-18-47(19-15-30)40(52)37(42)28-6-2-1-3-7-28;/h4-5,8-11,24,28-30,37H,1-3,6-7,12-23,25-26,42H2,(H,44,50);1H. The van der Waals surface area contributed by atoms with Gasteiger partial charge in [0.1, 0.15) is 5.82 Å². The van der Waals surface area contributed by atoms with Crippen molar-refractivity contribution >= 4 is 28.5 Å². The molecule has 7 rings (SSSR count). The maximum atomic E-state index is 15.0. The normalized spacial score (nSPS) is 20.5. The quantitative estimate of drug-likeness (QED) is 0.340. The Bertz CT molecular complexity index is 1830. The lowest BCUT2D eigenvalue weighted by molar-refractivity contribution is -0.139. The van der Waals surface area contributed by atoms with Gasteiger partial charge in [-0.1, -0.05) is 43.5 Å². The first-order chi connectivity index (χ1) is 25.7. The maximum Gasteiger partial charge on any atom is 0.272 e. The molecule has 2 aromatic carbocycles. The first-order valence-corrected chi connectivity index (χ1v) is 19.5. The van der Waals surface area contributed by atoms with Crippen LogP contribution in [-0.2, 0) is 20.7 Å². The van der Waals surface area contributed by atoms with Gasteiger partial charge in [0.05, 0.1) is 41.4 Å². The third kappa shape index (κ3) is 8.79. The lowest BCUT2D eigenvalue weighted by atomic mass is 9.83. The lowest BCUT2D eigenvalue weighted by Crippen LogP contribution is -2.53. The topological polar surface area (TPSA) is 145 Å². The predicted octanol–water partition coefficient (Wildman–Crippen LogP) is 3.56. The Balaban J connectivity index is 0.00000497. The van der Waals surface area contributed by atoms with Crippen molar-refractivity contribution in [2.75, 3.05) is 58.9 Å². The van der Waals surface area contributed by atoms with Crippen LogP contribution in [0.2, 0.25) is 0 Å². The highest BCUT2D eigenvalue weighted by molar-refractivity contribution is 5.95. The summed E-state index contributed by atoms with van der Waals surface area (Å²) in [6.45, 7) is 4.73. The Kier molecular flexibility index (Phi) is 11.8. The van der Waals surface area contributed by atoms with Gasteiger partial charge >= 0.3 is 0 Å². The first kappa shape index (κ1) is 37.1. The number of aromatic amines is 1. The van der Waals surface area contributed by atoms with Gasteiger partial charge in [-0.25, -0.2) is 9.49 Å². The first-order valence-electron chi connectivity index (χ1n) is 19.5. The van der Waals surface area contributed by atoms with Crippen molar-refractivity contribution in [3.05, 3.63) is 75.5 Å². The molecule has 53 heavy (non-hydrogen) atoms. The minimum absolute atomic E-state index is 0. The minimum Gasteiger partial charge on any atom is -0.375 e. The van der Waals surface area contributed by atoms with Gasteiger partial charge in [-0.2, -0.15) is 5.10 Å². The van der Waals surface area contributed by atoms with Crippen LogP contribution in [0.4, 0.5) is 4.39 Å². The van der Waals surface area contributed by atoms with Gasteiger partial charge < -0.3 is 25.2 Å². The van der Waals surface area contributed by atoms with E-state index in [0.29, 0.717) is 80.2 Å². The second-order valence-electron chi connectivity index (χ2n) is 15.3. The number of nitrogens with two attached hydrogens (primary N) is 1. The molecule has 3 aromatic rings. The number of piperidine rings is 2. The largest absolute Gasteiger partial charge is 0.375 e. The van der Waals surface area contributed by atoms with Crippen molar-refractivity contribution in [1.82, 2.24) is 29.8 Å². The smallest absolute Gasteiger partial charge is 0.272 e. The van der Waals surface area contributed by atoms with E-state index >= 15 is 0 Å². The van der Waals surface area contributed by atoms with Gasteiger partial charge in [0.2, 0.25) is 11.8 Å². The molecule has 3 N–H and O–H groups in total. The minimum atomic E-state index is -0.598. The van der Waals surface area contributed by atoms with Crippen LogP contribution in [0.3, 0.4) is 0 Å². The average molecular weight is 732 g/mol. The molecule has 1 aliphatic carbocycles. The number of likely N-dealkylation sites (tertiary alicyclic amines) is 2. The van der Waals surface area contributed by atoms with Gasteiger partial charge in [0.25, 0.3) is 11.5 Å². The molecule has 0 radical (unpaired) electrons. The number of ether oxygens (including phenoxy) is 1. The molecule has 3 amide bonds. The lowest BCUT2D eigenvalue weighted by Gasteiger charge is -2.39. The molecule has 1 unspecified atom stereocenters. The van der Waals surface area contributed by atoms with E-state index in [2.05, 4.69) is 15.1 Å². The van der Waals surface area contributed by atoms with Crippen LogP contribution in [0.25, 0.3) is 10.8 Å². The highest BCUT2D eigenvalue weighted by Gasteiger charge is 2.34. The van der Waals surface area contributed by atoms with Crippen molar-refractivity contribution < 1.29 is 24.9 Å². The molecule has 4 fully saturated rings. The zero-order chi connectivity index (χ0) is 36.9. The third-order valence-electron chi connectivity index (χ3n) is 11.8. The summed E-state index contributed by atoms with van der Waals surface area (Å²) in [5.74, 6) is -0.545. The summed E-state index contributed by atoms with van der Waals surface area (Å²) in [5.41, 5.74) is 7.44. The number of H-pyrrole nitrogens is 1. The van der Waals surface area contributed by atoms with Crippen LogP contribution >= 0.6 is 0 Å². The number of nitrogens with one attached hydrogen (secondary N) is 1. The van der Waals surface area contributed by atoms with Crippen molar-refractivity contribution in [2.45, 2.75) is 82.5 Å². The van der Waals surface area contributed by atoms with Crippen LogP contribution in [0.15, 0.2) is 47.3 Å². The molecular weight excluding hydrogens is 677 g/mol. The number of aromatic nitrogens is 2. The van der Waals surface area contributed by atoms with Crippen LogP contribution in [0, 0.1) is 11.7 Å². The van der Waals surface area contributed by atoms with Gasteiger partial charge in [-0.05, 0) is 68.2 Å². The summed E-state index contributed by atoms with van der Waals surface area (Å²) in [6, 6.07) is 11.3. The molecule has 0 bridgehead atoms. The molecule has 3 saturated heterocycles. The number of hydrogen-bond donors (Lipinski definition) is 2.